The minimum atomic E-state index is -3.29. The molecule has 4 nitrogen and oxygen atoms in total. The molecule has 2 aromatic rings. The van der Waals surface area contributed by atoms with Crippen molar-refractivity contribution in [1.29, 1.82) is 0 Å². The number of rotatable bonds is 4. The zero-order valence-corrected chi connectivity index (χ0v) is 11.2. The maximum absolute atomic E-state index is 12.2. The van der Waals surface area contributed by atoms with Crippen LogP contribution in [-0.4, -0.2) is 8.42 Å². The highest BCUT2D eigenvalue weighted by atomic mass is 32.2. The first-order valence-electron chi connectivity index (χ1n) is 5.85. The van der Waals surface area contributed by atoms with Gasteiger partial charge in [-0.25, -0.2) is 8.42 Å². The Labute approximate surface area is 113 Å². The Hall–Kier alpha value is -2.01. The van der Waals surface area contributed by atoms with Crippen LogP contribution in [0.25, 0.3) is 0 Å². The molecule has 0 aliphatic heterocycles. The van der Waals surface area contributed by atoms with E-state index in [-0.39, 0.29) is 11.5 Å². The van der Waals surface area contributed by atoms with Gasteiger partial charge in [0.1, 0.15) is 0 Å². The van der Waals surface area contributed by atoms with Crippen LogP contribution in [0.1, 0.15) is 11.1 Å². The lowest BCUT2D eigenvalue weighted by Gasteiger charge is -2.08. The number of hydrogen-bond acceptors (Lipinski definition) is 4. The van der Waals surface area contributed by atoms with Crippen molar-refractivity contribution in [3.63, 3.8) is 0 Å². The molecule has 100 valence electrons. The van der Waals surface area contributed by atoms with Gasteiger partial charge in [-0.3, -0.25) is 0 Å². The summed E-state index contributed by atoms with van der Waals surface area (Å²) in [6.07, 6.45) is 0. The number of para-hydroxylation sites is 2. The molecule has 0 aliphatic rings. The van der Waals surface area contributed by atoms with Crippen molar-refractivity contribution in [2.24, 2.45) is 0 Å². The number of hydrogen-bond donors (Lipinski definition) is 2. The van der Waals surface area contributed by atoms with Crippen LogP contribution in [0.15, 0.2) is 48.5 Å². The van der Waals surface area contributed by atoms with Gasteiger partial charge in [-0.2, -0.15) is 0 Å². The van der Waals surface area contributed by atoms with Crippen molar-refractivity contribution in [2.45, 2.75) is 11.5 Å². The van der Waals surface area contributed by atoms with Gasteiger partial charge in [0.2, 0.25) is 0 Å². The van der Waals surface area contributed by atoms with E-state index in [4.69, 9.17) is 11.5 Å². The van der Waals surface area contributed by atoms with E-state index < -0.39 is 9.84 Å². The van der Waals surface area contributed by atoms with E-state index in [0.29, 0.717) is 22.5 Å². The summed E-state index contributed by atoms with van der Waals surface area (Å²) in [6, 6.07) is 13.9. The SMILES string of the molecule is Nc1ccccc1CS(=O)(=O)Cc1ccccc1N. The summed E-state index contributed by atoms with van der Waals surface area (Å²) < 4.78 is 24.3. The first-order chi connectivity index (χ1) is 8.98. The van der Waals surface area contributed by atoms with E-state index in [1.807, 2.05) is 0 Å². The minimum absolute atomic E-state index is 0.0754. The van der Waals surface area contributed by atoms with Crippen LogP contribution in [0.2, 0.25) is 0 Å². The lowest BCUT2D eigenvalue weighted by Crippen LogP contribution is -2.10. The van der Waals surface area contributed by atoms with Crippen molar-refractivity contribution in [1.82, 2.24) is 0 Å². The Morgan fingerprint density at radius 3 is 1.47 bits per heavy atom. The van der Waals surface area contributed by atoms with Crippen molar-refractivity contribution in [3.05, 3.63) is 59.7 Å². The third-order valence-corrected chi connectivity index (χ3v) is 4.36. The highest BCUT2D eigenvalue weighted by molar-refractivity contribution is 7.89. The van der Waals surface area contributed by atoms with Gasteiger partial charge in [0.15, 0.2) is 9.84 Å². The maximum Gasteiger partial charge on any atom is 0.158 e. The molecular formula is C14H16N2O2S. The van der Waals surface area contributed by atoms with Gasteiger partial charge in [0.25, 0.3) is 0 Å². The van der Waals surface area contributed by atoms with Crippen LogP contribution in [-0.2, 0) is 21.3 Å². The zero-order valence-electron chi connectivity index (χ0n) is 10.4. The highest BCUT2D eigenvalue weighted by Crippen LogP contribution is 2.19. The summed E-state index contributed by atoms with van der Waals surface area (Å²) in [5, 5.41) is 0. The molecule has 0 saturated carbocycles. The summed E-state index contributed by atoms with van der Waals surface area (Å²) >= 11 is 0. The van der Waals surface area contributed by atoms with Crippen LogP contribution in [0.5, 0.6) is 0 Å². The van der Waals surface area contributed by atoms with Crippen molar-refractivity contribution in [3.8, 4) is 0 Å². The number of nitrogen functional groups attached to an aromatic ring is 2. The van der Waals surface area contributed by atoms with E-state index in [0.717, 1.165) is 0 Å². The summed E-state index contributed by atoms with van der Waals surface area (Å²) in [5.74, 6) is -0.151. The van der Waals surface area contributed by atoms with Crippen LogP contribution < -0.4 is 11.5 Å². The predicted molar refractivity (Wildman–Crippen MR) is 78.0 cm³/mol. The number of sulfone groups is 1. The zero-order chi connectivity index (χ0) is 13.9. The second kappa shape index (κ2) is 5.32. The molecule has 19 heavy (non-hydrogen) atoms. The summed E-state index contributed by atoms with van der Waals surface area (Å²) in [6.45, 7) is 0. The Morgan fingerprint density at radius 2 is 1.11 bits per heavy atom. The van der Waals surface area contributed by atoms with Gasteiger partial charge in [-0.15, -0.1) is 0 Å². The molecule has 0 spiro atoms. The van der Waals surface area contributed by atoms with E-state index in [1.54, 1.807) is 48.5 Å². The smallest absolute Gasteiger partial charge is 0.158 e. The molecule has 2 aromatic carbocycles. The quantitative estimate of drug-likeness (QED) is 0.836. The molecule has 2 rings (SSSR count). The van der Waals surface area contributed by atoms with Gasteiger partial charge in [-0.1, -0.05) is 36.4 Å². The van der Waals surface area contributed by atoms with E-state index in [1.165, 1.54) is 0 Å². The number of anilines is 2. The van der Waals surface area contributed by atoms with Gasteiger partial charge < -0.3 is 11.5 Å². The fourth-order valence-corrected chi connectivity index (χ4v) is 3.43. The minimum Gasteiger partial charge on any atom is -0.398 e. The van der Waals surface area contributed by atoms with Gasteiger partial charge in [0, 0.05) is 11.4 Å². The molecule has 0 saturated heterocycles. The number of nitrogens with two attached hydrogens (primary N) is 2. The van der Waals surface area contributed by atoms with Crippen molar-refractivity contribution in [2.75, 3.05) is 11.5 Å². The summed E-state index contributed by atoms with van der Waals surface area (Å²) in [4.78, 5) is 0. The average molecular weight is 276 g/mol. The molecule has 0 fully saturated rings. The standard InChI is InChI=1S/C14H16N2O2S/c15-13-7-3-1-5-11(13)9-19(17,18)10-12-6-2-4-8-14(12)16/h1-8H,9-10,15-16H2. The van der Waals surface area contributed by atoms with E-state index in [9.17, 15) is 8.42 Å². The maximum atomic E-state index is 12.2. The Bertz CT molecular complexity index is 628. The predicted octanol–water partition coefficient (Wildman–Crippen LogP) is 1.97. The van der Waals surface area contributed by atoms with Crippen LogP contribution >= 0.6 is 0 Å². The first kappa shape index (κ1) is 13.4. The lowest BCUT2D eigenvalue weighted by atomic mass is 10.2. The normalized spacial score (nSPS) is 11.4. The second-order valence-corrected chi connectivity index (χ2v) is 6.49. The molecule has 0 unspecified atom stereocenters. The molecule has 0 atom stereocenters. The fraction of sp³-hybridized carbons (Fsp3) is 0.143. The monoisotopic (exact) mass is 276 g/mol. The van der Waals surface area contributed by atoms with Gasteiger partial charge in [-0.05, 0) is 23.3 Å². The Morgan fingerprint density at radius 1 is 0.737 bits per heavy atom. The molecule has 0 bridgehead atoms. The summed E-state index contributed by atoms with van der Waals surface area (Å²) in [7, 11) is -3.29. The molecule has 0 aliphatic carbocycles. The number of benzene rings is 2. The molecule has 0 radical (unpaired) electrons. The topological polar surface area (TPSA) is 86.2 Å². The lowest BCUT2D eigenvalue weighted by molar-refractivity contribution is 0.594. The van der Waals surface area contributed by atoms with Crippen LogP contribution in [0.3, 0.4) is 0 Å². The molecular weight excluding hydrogens is 260 g/mol. The van der Waals surface area contributed by atoms with Crippen LogP contribution in [0, 0.1) is 0 Å². The fourth-order valence-electron chi connectivity index (χ4n) is 1.86. The largest absolute Gasteiger partial charge is 0.398 e. The van der Waals surface area contributed by atoms with Crippen molar-refractivity contribution < 1.29 is 8.42 Å². The van der Waals surface area contributed by atoms with Crippen molar-refractivity contribution >= 4 is 21.2 Å². The van der Waals surface area contributed by atoms with Crippen LogP contribution in [0.4, 0.5) is 11.4 Å². The van der Waals surface area contributed by atoms with Gasteiger partial charge >= 0.3 is 0 Å². The second-order valence-electron chi connectivity index (χ2n) is 4.43. The van der Waals surface area contributed by atoms with Gasteiger partial charge in [0.05, 0.1) is 11.5 Å². The third kappa shape index (κ3) is 3.48. The first-order valence-corrected chi connectivity index (χ1v) is 7.67. The molecule has 0 heterocycles. The molecule has 0 aromatic heterocycles. The Kier molecular flexibility index (Phi) is 3.76. The Balaban J connectivity index is 2.21. The third-order valence-electron chi connectivity index (χ3n) is 2.86. The highest BCUT2D eigenvalue weighted by Gasteiger charge is 2.15. The molecule has 4 N–H and O–H groups in total. The van der Waals surface area contributed by atoms with E-state index in [2.05, 4.69) is 0 Å². The molecule has 0 amide bonds. The van der Waals surface area contributed by atoms with E-state index >= 15 is 0 Å². The summed E-state index contributed by atoms with van der Waals surface area (Å²) in [5.41, 5.74) is 13.8. The molecule has 5 heteroatoms. The average Bonchev–Trinajstić information content (AvgIpc) is 2.35.